The Morgan fingerprint density at radius 3 is 2.21 bits per heavy atom. The van der Waals surface area contributed by atoms with E-state index in [9.17, 15) is 19.2 Å². The number of hydrogen-bond donors (Lipinski definition) is 2. The zero-order valence-electron chi connectivity index (χ0n) is 16.3. The normalized spacial score (nSPS) is 13.8. The van der Waals surface area contributed by atoms with E-state index in [0.29, 0.717) is 28.4 Å². The number of carbonyl (C=O) groups is 4. The van der Waals surface area contributed by atoms with Crippen LogP contribution in [0.25, 0.3) is 0 Å². The van der Waals surface area contributed by atoms with Crippen molar-refractivity contribution in [2.24, 2.45) is 0 Å². The lowest BCUT2D eigenvalue weighted by Gasteiger charge is -2.33. The number of rotatable bonds is 5. The maximum atomic E-state index is 12.8. The van der Waals surface area contributed by atoms with Crippen molar-refractivity contribution < 1.29 is 23.9 Å². The SMILES string of the molecule is CC(=O)Nc1ccc(NC(=O)C(C)N2C(=O)COc3ccc(C(C)=O)cc32)cc1. The number of carbonyl (C=O) groups excluding carboxylic acids is 4. The van der Waals surface area contributed by atoms with E-state index < -0.39 is 11.9 Å². The third kappa shape index (κ3) is 4.43. The molecule has 1 aliphatic heterocycles. The van der Waals surface area contributed by atoms with Crippen molar-refractivity contribution in [1.82, 2.24) is 0 Å². The van der Waals surface area contributed by atoms with Gasteiger partial charge in [-0.05, 0) is 56.3 Å². The number of anilines is 3. The van der Waals surface area contributed by atoms with Gasteiger partial charge in [-0.15, -0.1) is 0 Å². The Labute approximate surface area is 167 Å². The predicted molar refractivity (Wildman–Crippen MR) is 108 cm³/mol. The molecule has 1 aliphatic rings. The number of hydrogen-bond acceptors (Lipinski definition) is 5. The van der Waals surface area contributed by atoms with Crippen LogP contribution in [0.2, 0.25) is 0 Å². The van der Waals surface area contributed by atoms with Gasteiger partial charge in [-0.3, -0.25) is 24.1 Å². The second-order valence-electron chi connectivity index (χ2n) is 6.71. The molecule has 2 N–H and O–H groups in total. The van der Waals surface area contributed by atoms with Crippen molar-refractivity contribution in [1.29, 1.82) is 0 Å². The molecule has 0 fully saturated rings. The monoisotopic (exact) mass is 395 g/mol. The van der Waals surface area contributed by atoms with E-state index >= 15 is 0 Å². The summed E-state index contributed by atoms with van der Waals surface area (Å²) in [5, 5.41) is 5.40. The summed E-state index contributed by atoms with van der Waals surface area (Å²) in [6.45, 7) is 4.26. The minimum atomic E-state index is -0.831. The van der Waals surface area contributed by atoms with Crippen LogP contribution in [0.1, 0.15) is 31.1 Å². The van der Waals surface area contributed by atoms with Crippen molar-refractivity contribution in [2.45, 2.75) is 26.8 Å². The molecule has 3 amide bonds. The van der Waals surface area contributed by atoms with Crippen LogP contribution < -0.4 is 20.3 Å². The second kappa shape index (κ2) is 8.14. The topological polar surface area (TPSA) is 105 Å². The van der Waals surface area contributed by atoms with Gasteiger partial charge < -0.3 is 15.4 Å². The van der Waals surface area contributed by atoms with Crippen molar-refractivity contribution >= 4 is 40.6 Å². The van der Waals surface area contributed by atoms with Crippen LogP contribution in [0.4, 0.5) is 17.1 Å². The summed E-state index contributed by atoms with van der Waals surface area (Å²) in [7, 11) is 0. The van der Waals surface area contributed by atoms with Crippen molar-refractivity contribution in [3.63, 3.8) is 0 Å². The van der Waals surface area contributed by atoms with Gasteiger partial charge in [0.15, 0.2) is 12.4 Å². The van der Waals surface area contributed by atoms with Crippen LogP contribution in [0.3, 0.4) is 0 Å². The summed E-state index contributed by atoms with van der Waals surface area (Å²) < 4.78 is 5.43. The van der Waals surface area contributed by atoms with Crippen LogP contribution in [0.15, 0.2) is 42.5 Å². The highest BCUT2D eigenvalue weighted by atomic mass is 16.5. The Morgan fingerprint density at radius 2 is 1.62 bits per heavy atom. The summed E-state index contributed by atoms with van der Waals surface area (Å²) in [6, 6.07) is 10.6. The van der Waals surface area contributed by atoms with Gasteiger partial charge >= 0.3 is 0 Å². The number of amides is 3. The maximum absolute atomic E-state index is 12.8. The molecule has 0 aromatic heterocycles. The number of ether oxygens (including phenoxy) is 1. The Kier molecular flexibility index (Phi) is 5.63. The lowest BCUT2D eigenvalue weighted by Crippen LogP contribution is -2.49. The fraction of sp³-hybridized carbons (Fsp3) is 0.238. The largest absolute Gasteiger partial charge is 0.482 e. The van der Waals surface area contributed by atoms with Crippen LogP contribution in [0, 0.1) is 0 Å². The van der Waals surface area contributed by atoms with Gasteiger partial charge in [0.2, 0.25) is 11.8 Å². The fourth-order valence-electron chi connectivity index (χ4n) is 3.02. The summed E-state index contributed by atoms with van der Waals surface area (Å²) in [6.07, 6.45) is 0. The lowest BCUT2D eigenvalue weighted by atomic mass is 10.1. The molecule has 29 heavy (non-hydrogen) atoms. The highest BCUT2D eigenvalue weighted by Gasteiger charge is 2.33. The van der Waals surface area contributed by atoms with Crippen molar-refractivity contribution in [3.05, 3.63) is 48.0 Å². The summed E-state index contributed by atoms with van der Waals surface area (Å²) in [5.74, 6) is -0.672. The average Bonchev–Trinajstić information content (AvgIpc) is 2.68. The molecule has 8 heteroatoms. The summed E-state index contributed by atoms with van der Waals surface area (Å²) in [5.41, 5.74) is 1.94. The first-order chi connectivity index (χ1) is 13.8. The van der Waals surface area contributed by atoms with E-state index in [1.807, 2.05) is 0 Å². The van der Waals surface area contributed by atoms with Gasteiger partial charge in [-0.25, -0.2) is 0 Å². The first-order valence-corrected chi connectivity index (χ1v) is 9.04. The molecule has 8 nitrogen and oxygen atoms in total. The Morgan fingerprint density at radius 1 is 1.00 bits per heavy atom. The molecule has 1 unspecified atom stereocenters. The molecule has 3 rings (SSSR count). The Hall–Kier alpha value is -3.68. The average molecular weight is 395 g/mol. The highest BCUT2D eigenvalue weighted by molar-refractivity contribution is 6.08. The van der Waals surface area contributed by atoms with E-state index in [4.69, 9.17) is 4.74 Å². The molecule has 2 aromatic carbocycles. The number of nitrogens with zero attached hydrogens (tertiary/aromatic N) is 1. The first kappa shape index (κ1) is 20.1. The third-order valence-electron chi connectivity index (χ3n) is 4.48. The summed E-state index contributed by atoms with van der Waals surface area (Å²) in [4.78, 5) is 49.4. The Balaban J connectivity index is 1.80. The van der Waals surface area contributed by atoms with E-state index in [1.54, 1.807) is 49.4 Å². The molecule has 0 bridgehead atoms. The molecule has 0 saturated heterocycles. The molecule has 150 valence electrons. The van der Waals surface area contributed by atoms with Crippen molar-refractivity contribution in [2.75, 3.05) is 22.1 Å². The molecule has 1 atom stereocenters. The van der Waals surface area contributed by atoms with E-state index in [2.05, 4.69) is 10.6 Å². The van der Waals surface area contributed by atoms with Crippen LogP contribution in [0.5, 0.6) is 5.75 Å². The van der Waals surface area contributed by atoms with E-state index in [0.717, 1.165) is 0 Å². The smallest absolute Gasteiger partial charge is 0.265 e. The van der Waals surface area contributed by atoms with E-state index in [-0.39, 0.29) is 24.2 Å². The minimum Gasteiger partial charge on any atom is -0.482 e. The quantitative estimate of drug-likeness (QED) is 0.757. The maximum Gasteiger partial charge on any atom is 0.265 e. The molecule has 0 saturated carbocycles. The minimum absolute atomic E-state index is 0.151. The number of benzene rings is 2. The molecular formula is C21H21N3O5. The Bertz CT molecular complexity index is 984. The van der Waals surface area contributed by atoms with Gasteiger partial charge in [0.1, 0.15) is 11.8 Å². The van der Waals surface area contributed by atoms with Gasteiger partial charge in [0, 0.05) is 23.9 Å². The molecular weight excluding hydrogens is 374 g/mol. The second-order valence-corrected chi connectivity index (χ2v) is 6.71. The zero-order chi connectivity index (χ0) is 21.1. The number of ketones is 1. The predicted octanol–water partition coefficient (Wildman–Crippen LogP) is 2.60. The molecule has 0 radical (unpaired) electrons. The van der Waals surface area contributed by atoms with Crippen molar-refractivity contribution in [3.8, 4) is 5.75 Å². The van der Waals surface area contributed by atoms with Crippen LogP contribution in [-0.2, 0) is 14.4 Å². The number of Topliss-reactive ketones (excluding diaryl/α,β-unsaturated/α-hetero) is 1. The standard InChI is InChI=1S/C21H21N3O5/c1-12(21(28)23-17-7-5-16(6-8-17)22-14(3)26)24-18-10-15(13(2)25)4-9-19(18)29-11-20(24)27/h4-10,12H,11H2,1-3H3,(H,22,26)(H,23,28). The molecule has 0 spiro atoms. The fourth-order valence-corrected chi connectivity index (χ4v) is 3.02. The first-order valence-electron chi connectivity index (χ1n) is 9.04. The van der Waals surface area contributed by atoms with Gasteiger partial charge in [-0.2, -0.15) is 0 Å². The van der Waals surface area contributed by atoms with Gasteiger partial charge in [0.05, 0.1) is 5.69 Å². The number of nitrogens with one attached hydrogen (secondary N) is 2. The van der Waals surface area contributed by atoms with E-state index in [1.165, 1.54) is 18.7 Å². The van der Waals surface area contributed by atoms with Gasteiger partial charge in [0.25, 0.3) is 5.91 Å². The molecule has 1 heterocycles. The number of fused-ring (bicyclic) bond motifs is 1. The summed E-state index contributed by atoms with van der Waals surface area (Å²) >= 11 is 0. The lowest BCUT2D eigenvalue weighted by molar-refractivity contribution is -0.125. The highest BCUT2D eigenvalue weighted by Crippen LogP contribution is 2.34. The van der Waals surface area contributed by atoms with Crippen LogP contribution in [-0.4, -0.2) is 36.2 Å². The zero-order valence-corrected chi connectivity index (χ0v) is 16.3. The van der Waals surface area contributed by atoms with Crippen LogP contribution >= 0.6 is 0 Å². The van der Waals surface area contributed by atoms with Gasteiger partial charge in [-0.1, -0.05) is 0 Å². The molecule has 2 aromatic rings. The molecule has 0 aliphatic carbocycles. The third-order valence-corrected chi connectivity index (χ3v) is 4.48.